The molecule has 1 aliphatic carbocycles. The van der Waals surface area contributed by atoms with Gasteiger partial charge in [0.1, 0.15) is 0 Å². The van der Waals surface area contributed by atoms with Crippen molar-refractivity contribution >= 4 is 23.2 Å². The molecule has 0 aliphatic heterocycles. The van der Waals surface area contributed by atoms with Gasteiger partial charge in [0, 0.05) is 23.1 Å². The average molecular weight is 243 g/mol. The molecule has 0 heterocycles. The maximum atomic E-state index is 11.7. The molecule has 0 radical (unpaired) electrons. The summed E-state index contributed by atoms with van der Waals surface area (Å²) in [6.07, 6.45) is 1.19. The van der Waals surface area contributed by atoms with Crippen molar-refractivity contribution in [3.63, 3.8) is 0 Å². The van der Waals surface area contributed by atoms with Gasteiger partial charge in [-0.1, -0.05) is 38.1 Å². The SMILES string of the molecule is CC(C)C(=O)NC1=CC(=O)C(=O)c2ccccc21. The number of carbonyl (C=O) groups is 3. The van der Waals surface area contributed by atoms with Gasteiger partial charge in [-0.15, -0.1) is 0 Å². The number of ketones is 2. The summed E-state index contributed by atoms with van der Waals surface area (Å²) in [5.74, 6) is -1.51. The van der Waals surface area contributed by atoms with Gasteiger partial charge in [0.15, 0.2) is 0 Å². The summed E-state index contributed by atoms with van der Waals surface area (Å²) in [5, 5.41) is 2.67. The standard InChI is InChI=1S/C14H13NO3/c1-8(2)14(18)15-11-7-12(16)13(17)10-6-4-3-5-9(10)11/h3-8H,1-2H3,(H,15,18). The molecule has 1 aromatic carbocycles. The molecule has 0 fully saturated rings. The van der Waals surface area contributed by atoms with Crippen molar-refractivity contribution < 1.29 is 14.4 Å². The third-order valence-electron chi connectivity index (χ3n) is 2.74. The van der Waals surface area contributed by atoms with E-state index in [1.807, 2.05) is 0 Å². The third kappa shape index (κ3) is 2.09. The predicted octanol–water partition coefficient (Wildman–Crippen LogP) is 1.57. The van der Waals surface area contributed by atoms with E-state index in [0.29, 0.717) is 16.8 Å². The van der Waals surface area contributed by atoms with Gasteiger partial charge in [0.2, 0.25) is 17.5 Å². The maximum absolute atomic E-state index is 11.7. The van der Waals surface area contributed by atoms with Gasteiger partial charge in [-0.3, -0.25) is 14.4 Å². The second kappa shape index (κ2) is 4.56. The molecule has 0 aromatic heterocycles. The van der Waals surface area contributed by atoms with Crippen LogP contribution in [0.1, 0.15) is 29.8 Å². The summed E-state index contributed by atoms with van der Waals surface area (Å²) in [5.41, 5.74) is 1.33. The summed E-state index contributed by atoms with van der Waals surface area (Å²) >= 11 is 0. The number of Topliss-reactive ketones (excluding diaryl/α,β-unsaturated/α-hetero) is 1. The molecule has 1 aliphatic rings. The monoisotopic (exact) mass is 243 g/mol. The lowest BCUT2D eigenvalue weighted by Gasteiger charge is -2.17. The molecule has 1 aromatic rings. The topological polar surface area (TPSA) is 63.2 Å². The molecule has 1 N–H and O–H groups in total. The van der Waals surface area contributed by atoms with Crippen LogP contribution in [0.4, 0.5) is 0 Å². The number of benzene rings is 1. The maximum Gasteiger partial charge on any atom is 0.233 e. The minimum absolute atomic E-state index is 0.182. The highest BCUT2D eigenvalue weighted by Gasteiger charge is 2.26. The van der Waals surface area contributed by atoms with Gasteiger partial charge < -0.3 is 5.32 Å². The predicted molar refractivity (Wildman–Crippen MR) is 66.7 cm³/mol. The fraction of sp³-hybridized carbons (Fsp3) is 0.214. The number of amides is 1. The van der Waals surface area contributed by atoms with Crippen LogP contribution in [0.25, 0.3) is 5.70 Å². The first-order valence-electron chi connectivity index (χ1n) is 5.71. The first-order valence-corrected chi connectivity index (χ1v) is 5.71. The third-order valence-corrected chi connectivity index (χ3v) is 2.74. The molecular weight excluding hydrogens is 230 g/mol. The molecule has 4 nitrogen and oxygen atoms in total. The van der Waals surface area contributed by atoms with E-state index < -0.39 is 11.6 Å². The molecule has 2 rings (SSSR count). The Bertz CT molecular complexity index is 570. The first-order chi connectivity index (χ1) is 8.50. The van der Waals surface area contributed by atoms with Gasteiger partial charge in [0.25, 0.3) is 0 Å². The van der Waals surface area contributed by atoms with Gasteiger partial charge in [0.05, 0.1) is 5.70 Å². The van der Waals surface area contributed by atoms with Gasteiger partial charge in [-0.05, 0) is 0 Å². The molecular formula is C14H13NO3. The first kappa shape index (κ1) is 12.2. The highest BCUT2D eigenvalue weighted by molar-refractivity contribution is 6.50. The van der Waals surface area contributed by atoms with Crippen LogP contribution >= 0.6 is 0 Å². The van der Waals surface area contributed by atoms with Crippen molar-refractivity contribution in [3.05, 3.63) is 41.5 Å². The van der Waals surface area contributed by atoms with E-state index in [1.54, 1.807) is 38.1 Å². The zero-order valence-electron chi connectivity index (χ0n) is 10.2. The molecule has 18 heavy (non-hydrogen) atoms. The second-order valence-electron chi connectivity index (χ2n) is 4.44. The summed E-state index contributed by atoms with van der Waals surface area (Å²) in [4.78, 5) is 34.9. The Kier molecular flexibility index (Phi) is 3.10. The lowest BCUT2D eigenvalue weighted by atomic mass is 9.92. The van der Waals surface area contributed by atoms with Crippen LogP contribution in [-0.2, 0) is 9.59 Å². The minimum Gasteiger partial charge on any atom is -0.325 e. The number of rotatable bonds is 2. The van der Waals surface area contributed by atoms with Crippen LogP contribution in [0.2, 0.25) is 0 Å². The smallest absolute Gasteiger partial charge is 0.233 e. The molecule has 0 saturated carbocycles. The molecule has 92 valence electrons. The fourth-order valence-corrected chi connectivity index (χ4v) is 1.70. The Hall–Kier alpha value is -2.23. The molecule has 0 spiro atoms. The van der Waals surface area contributed by atoms with Gasteiger partial charge >= 0.3 is 0 Å². The zero-order chi connectivity index (χ0) is 13.3. The second-order valence-corrected chi connectivity index (χ2v) is 4.44. The Morgan fingerprint density at radius 3 is 2.33 bits per heavy atom. The summed E-state index contributed by atoms with van der Waals surface area (Å²) < 4.78 is 0. The number of hydrogen-bond donors (Lipinski definition) is 1. The lowest BCUT2D eigenvalue weighted by molar-refractivity contribution is -0.122. The van der Waals surface area contributed by atoms with E-state index in [1.165, 1.54) is 6.08 Å². The Balaban J connectivity index is 2.42. The lowest BCUT2D eigenvalue weighted by Crippen LogP contribution is -2.30. The van der Waals surface area contributed by atoms with Crippen molar-refractivity contribution in [2.24, 2.45) is 5.92 Å². The van der Waals surface area contributed by atoms with Gasteiger partial charge in [-0.2, -0.15) is 0 Å². The Morgan fingerprint density at radius 1 is 1.11 bits per heavy atom. The molecule has 0 unspecified atom stereocenters. The average Bonchev–Trinajstić information content (AvgIpc) is 2.35. The largest absolute Gasteiger partial charge is 0.325 e. The van der Waals surface area contributed by atoms with Crippen LogP contribution in [0, 0.1) is 5.92 Å². The molecule has 4 heteroatoms. The van der Waals surface area contributed by atoms with Crippen molar-refractivity contribution in [1.29, 1.82) is 0 Å². The van der Waals surface area contributed by atoms with E-state index in [2.05, 4.69) is 5.32 Å². The summed E-state index contributed by atoms with van der Waals surface area (Å²) in [6, 6.07) is 6.75. The van der Waals surface area contributed by atoms with Crippen LogP contribution in [0.5, 0.6) is 0 Å². The van der Waals surface area contributed by atoms with E-state index in [4.69, 9.17) is 0 Å². The van der Waals surface area contributed by atoms with Gasteiger partial charge in [-0.25, -0.2) is 0 Å². The number of carbonyl (C=O) groups excluding carboxylic acids is 3. The zero-order valence-corrected chi connectivity index (χ0v) is 10.2. The van der Waals surface area contributed by atoms with Crippen LogP contribution < -0.4 is 5.32 Å². The van der Waals surface area contributed by atoms with E-state index >= 15 is 0 Å². The minimum atomic E-state index is -0.604. The fourth-order valence-electron chi connectivity index (χ4n) is 1.70. The highest BCUT2D eigenvalue weighted by Crippen LogP contribution is 2.23. The van der Waals surface area contributed by atoms with Crippen molar-refractivity contribution in [2.75, 3.05) is 0 Å². The molecule has 1 amide bonds. The molecule has 0 saturated heterocycles. The summed E-state index contributed by atoms with van der Waals surface area (Å²) in [6.45, 7) is 3.52. The Labute approximate surface area is 105 Å². The van der Waals surface area contributed by atoms with E-state index in [9.17, 15) is 14.4 Å². The number of hydrogen-bond acceptors (Lipinski definition) is 3. The van der Waals surface area contributed by atoms with Crippen molar-refractivity contribution in [1.82, 2.24) is 5.32 Å². The van der Waals surface area contributed by atoms with Crippen LogP contribution in [-0.4, -0.2) is 17.5 Å². The number of allylic oxidation sites excluding steroid dienone is 1. The van der Waals surface area contributed by atoms with E-state index in [0.717, 1.165) is 0 Å². The van der Waals surface area contributed by atoms with Crippen molar-refractivity contribution in [3.8, 4) is 0 Å². The molecule has 0 atom stereocenters. The van der Waals surface area contributed by atoms with E-state index in [-0.39, 0.29) is 11.8 Å². The Morgan fingerprint density at radius 2 is 1.72 bits per heavy atom. The number of fused-ring (bicyclic) bond motifs is 1. The molecule has 0 bridgehead atoms. The summed E-state index contributed by atoms with van der Waals surface area (Å²) in [7, 11) is 0. The van der Waals surface area contributed by atoms with Crippen molar-refractivity contribution in [2.45, 2.75) is 13.8 Å². The highest BCUT2D eigenvalue weighted by atomic mass is 16.2. The van der Waals surface area contributed by atoms with Crippen LogP contribution in [0.15, 0.2) is 30.3 Å². The quantitative estimate of drug-likeness (QED) is 0.802. The normalized spacial score (nSPS) is 14.3. The number of nitrogens with one attached hydrogen (secondary N) is 1. The van der Waals surface area contributed by atoms with Crippen LogP contribution in [0.3, 0.4) is 0 Å².